The Morgan fingerprint density at radius 2 is 1.52 bits per heavy atom. The van der Waals surface area contributed by atoms with E-state index in [0.29, 0.717) is 24.4 Å². The van der Waals surface area contributed by atoms with Crippen LogP contribution in [0, 0.1) is 6.92 Å². The number of rotatable bonds is 11. The van der Waals surface area contributed by atoms with Gasteiger partial charge in [-0.15, -0.1) is 0 Å². The van der Waals surface area contributed by atoms with E-state index in [0.717, 1.165) is 42.7 Å². The first-order valence-corrected chi connectivity index (χ1v) is 9.89. The molecule has 1 N–H and O–H groups in total. The fourth-order valence-electron chi connectivity index (χ4n) is 2.58. The summed E-state index contributed by atoms with van der Waals surface area (Å²) in [7, 11) is 0. The molecule has 0 saturated carbocycles. The quantitative estimate of drug-likeness (QED) is 0.318. The molecule has 0 unspecified atom stereocenters. The molecule has 0 bridgehead atoms. The predicted octanol–water partition coefficient (Wildman–Crippen LogP) is 5.31. The number of hydrogen-bond donors (Lipinski definition) is 1. The average Bonchev–Trinajstić information content (AvgIpc) is 2.71. The largest absolute Gasteiger partial charge is 0.494 e. The molecule has 0 fully saturated rings. The summed E-state index contributed by atoms with van der Waals surface area (Å²) in [5.41, 5.74) is 2.94. The van der Waals surface area contributed by atoms with Crippen LogP contribution in [0.15, 0.2) is 60.7 Å². The van der Waals surface area contributed by atoms with Crippen molar-refractivity contribution in [2.24, 2.45) is 0 Å². The van der Waals surface area contributed by atoms with Crippen LogP contribution in [0.4, 0.5) is 5.69 Å². The maximum absolute atomic E-state index is 12.3. The number of carbonyl (C=O) groups is 2. The standard InChI is InChI=1S/C24H29NO4/c1-18(2)24(27)29-17-7-5-4-6-16-28-22-14-10-20(11-15-22)23(26)25-21-12-8-19(3)9-13-21/h8-15H,1,4-7,16-17H2,2-3H3,(H,25,26). The number of nitrogens with one attached hydrogen (secondary N) is 1. The molecule has 1 amide bonds. The summed E-state index contributed by atoms with van der Waals surface area (Å²) in [6, 6.07) is 14.8. The second kappa shape index (κ2) is 11.7. The van der Waals surface area contributed by atoms with Crippen molar-refractivity contribution in [2.75, 3.05) is 18.5 Å². The van der Waals surface area contributed by atoms with Gasteiger partial charge in [-0.3, -0.25) is 4.79 Å². The van der Waals surface area contributed by atoms with Crippen LogP contribution in [0.1, 0.15) is 48.5 Å². The topological polar surface area (TPSA) is 64.6 Å². The van der Waals surface area contributed by atoms with Crippen LogP contribution in [-0.4, -0.2) is 25.1 Å². The molecule has 0 radical (unpaired) electrons. The fourth-order valence-corrected chi connectivity index (χ4v) is 2.58. The third-order valence-corrected chi connectivity index (χ3v) is 4.31. The van der Waals surface area contributed by atoms with E-state index < -0.39 is 0 Å². The highest BCUT2D eigenvalue weighted by atomic mass is 16.5. The minimum Gasteiger partial charge on any atom is -0.494 e. The number of hydrogen-bond acceptors (Lipinski definition) is 4. The number of esters is 1. The van der Waals surface area contributed by atoms with E-state index in [1.165, 1.54) is 0 Å². The van der Waals surface area contributed by atoms with Gasteiger partial charge in [0.15, 0.2) is 0 Å². The predicted molar refractivity (Wildman–Crippen MR) is 115 cm³/mol. The highest BCUT2D eigenvalue weighted by Crippen LogP contribution is 2.15. The SMILES string of the molecule is C=C(C)C(=O)OCCCCCCOc1ccc(C(=O)Nc2ccc(C)cc2)cc1. The summed E-state index contributed by atoms with van der Waals surface area (Å²) in [4.78, 5) is 23.5. The van der Waals surface area contributed by atoms with Gasteiger partial charge in [0.05, 0.1) is 13.2 Å². The third kappa shape index (κ3) is 8.21. The first-order chi connectivity index (χ1) is 14.0. The summed E-state index contributed by atoms with van der Waals surface area (Å²) in [5, 5.41) is 2.88. The van der Waals surface area contributed by atoms with Crippen LogP contribution in [0.5, 0.6) is 5.75 Å². The number of ether oxygens (including phenoxy) is 2. The highest BCUT2D eigenvalue weighted by molar-refractivity contribution is 6.04. The Bertz CT molecular complexity index is 810. The van der Waals surface area contributed by atoms with Crippen LogP contribution in [-0.2, 0) is 9.53 Å². The molecular formula is C24H29NO4. The monoisotopic (exact) mass is 395 g/mol. The molecule has 0 aromatic heterocycles. The van der Waals surface area contributed by atoms with Gasteiger partial charge < -0.3 is 14.8 Å². The van der Waals surface area contributed by atoms with Gasteiger partial charge in [0.2, 0.25) is 0 Å². The maximum atomic E-state index is 12.3. The molecule has 0 atom stereocenters. The normalized spacial score (nSPS) is 10.3. The van der Waals surface area contributed by atoms with Gasteiger partial charge in [0.1, 0.15) is 5.75 Å². The molecule has 0 spiro atoms. The van der Waals surface area contributed by atoms with E-state index in [1.54, 1.807) is 31.2 Å². The summed E-state index contributed by atoms with van der Waals surface area (Å²) >= 11 is 0. The molecular weight excluding hydrogens is 366 g/mol. The molecule has 2 aromatic carbocycles. The molecule has 0 aliphatic rings. The lowest BCUT2D eigenvalue weighted by molar-refractivity contribution is -0.139. The number of benzene rings is 2. The van der Waals surface area contributed by atoms with Crippen LogP contribution in [0.2, 0.25) is 0 Å². The molecule has 0 aliphatic heterocycles. The van der Waals surface area contributed by atoms with Crippen molar-refractivity contribution in [1.29, 1.82) is 0 Å². The number of anilines is 1. The number of unbranched alkanes of at least 4 members (excludes halogenated alkanes) is 3. The Balaban J connectivity index is 1.62. The lowest BCUT2D eigenvalue weighted by Crippen LogP contribution is -2.11. The van der Waals surface area contributed by atoms with E-state index in [2.05, 4.69) is 11.9 Å². The van der Waals surface area contributed by atoms with Gasteiger partial charge in [0, 0.05) is 16.8 Å². The van der Waals surface area contributed by atoms with Crippen molar-refractivity contribution in [1.82, 2.24) is 0 Å². The molecule has 0 aliphatic carbocycles. The van der Waals surface area contributed by atoms with Gasteiger partial charge in [-0.25, -0.2) is 4.79 Å². The summed E-state index contributed by atoms with van der Waals surface area (Å²) in [5.74, 6) is 0.268. The smallest absolute Gasteiger partial charge is 0.333 e. The van der Waals surface area contributed by atoms with Crippen LogP contribution >= 0.6 is 0 Å². The van der Waals surface area contributed by atoms with Gasteiger partial charge in [-0.05, 0) is 75.9 Å². The number of carbonyl (C=O) groups excluding carboxylic acids is 2. The van der Waals surface area contributed by atoms with E-state index in [4.69, 9.17) is 9.47 Å². The van der Waals surface area contributed by atoms with E-state index in [1.807, 2.05) is 31.2 Å². The Hall–Kier alpha value is -3.08. The first-order valence-electron chi connectivity index (χ1n) is 9.89. The van der Waals surface area contributed by atoms with Crippen molar-refractivity contribution < 1.29 is 19.1 Å². The van der Waals surface area contributed by atoms with E-state index >= 15 is 0 Å². The Morgan fingerprint density at radius 1 is 0.897 bits per heavy atom. The fraction of sp³-hybridized carbons (Fsp3) is 0.333. The van der Waals surface area contributed by atoms with Gasteiger partial charge >= 0.3 is 5.97 Å². The van der Waals surface area contributed by atoms with Crippen molar-refractivity contribution in [3.05, 3.63) is 71.8 Å². The number of aryl methyl sites for hydroxylation is 1. The number of amides is 1. The van der Waals surface area contributed by atoms with E-state index in [9.17, 15) is 9.59 Å². The van der Waals surface area contributed by atoms with Crippen molar-refractivity contribution in [3.8, 4) is 5.75 Å². The van der Waals surface area contributed by atoms with Crippen LogP contribution in [0.3, 0.4) is 0 Å². The minimum atomic E-state index is -0.329. The molecule has 29 heavy (non-hydrogen) atoms. The van der Waals surface area contributed by atoms with E-state index in [-0.39, 0.29) is 11.9 Å². The summed E-state index contributed by atoms with van der Waals surface area (Å²) < 4.78 is 10.8. The van der Waals surface area contributed by atoms with Gasteiger partial charge in [-0.2, -0.15) is 0 Å². The molecule has 5 nitrogen and oxygen atoms in total. The zero-order valence-electron chi connectivity index (χ0n) is 17.2. The van der Waals surface area contributed by atoms with Crippen molar-refractivity contribution in [3.63, 3.8) is 0 Å². The molecule has 2 rings (SSSR count). The van der Waals surface area contributed by atoms with Crippen molar-refractivity contribution >= 4 is 17.6 Å². The highest BCUT2D eigenvalue weighted by Gasteiger charge is 2.06. The first kappa shape index (κ1) is 22.2. The third-order valence-electron chi connectivity index (χ3n) is 4.31. The second-order valence-electron chi connectivity index (χ2n) is 7.02. The maximum Gasteiger partial charge on any atom is 0.333 e. The molecule has 5 heteroatoms. The lowest BCUT2D eigenvalue weighted by atomic mass is 10.2. The molecule has 2 aromatic rings. The van der Waals surface area contributed by atoms with Crippen LogP contribution in [0.25, 0.3) is 0 Å². The molecule has 0 saturated heterocycles. The Labute approximate surface area is 172 Å². The van der Waals surface area contributed by atoms with Crippen molar-refractivity contribution in [2.45, 2.75) is 39.5 Å². The van der Waals surface area contributed by atoms with Crippen LogP contribution < -0.4 is 10.1 Å². The Kier molecular flexibility index (Phi) is 8.96. The minimum absolute atomic E-state index is 0.146. The molecule has 0 heterocycles. The zero-order valence-corrected chi connectivity index (χ0v) is 17.2. The second-order valence-corrected chi connectivity index (χ2v) is 7.02. The summed E-state index contributed by atoms with van der Waals surface area (Å²) in [6.45, 7) is 8.23. The summed E-state index contributed by atoms with van der Waals surface area (Å²) in [6.07, 6.45) is 3.74. The molecule has 154 valence electrons. The zero-order chi connectivity index (χ0) is 21.1. The van der Waals surface area contributed by atoms with Gasteiger partial charge in [0.25, 0.3) is 5.91 Å². The Morgan fingerprint density at radius 3 is 2.14 bits per heavy atom. The average molecular weight is 395 g/mol. The lowest BCUT2D eigenvalue weighted by Gasteiger charge is -2.08. The van der Waals surface area contributed by atoms with Gasteiger partial charge in [-0.1, -0.05) is 24.3 Å².